The molecule has 0 fully saturated rings. The molecule has 0 saturated heterocycles. The van der Waals surface area contributed by atoms with E-state index in [1.807, 2.05) is 69.3 Å². The van der Waals surface area contributed by atoms with Crippen LogP contribution in [0.3, 0.4) is 0 Å². The zero-order chi connectivity index (χ0) is 20.8. The van der Waals surface area contributed by atoms with Crippen LogP contribution in [0.4, 0.5) is 5.69 Å². The highest BCUT2D eigenvalue weighted by atomic mass is 16.5. The third kappa shape index (κ3) is 4.71. The molecule has 0 saturated carbocycles. The molecular weight excluding hydrogens is 366 g/mol. The summed E-state index contributed by atoms with van der Waals surface area (Å²) in [6, 6.07) is 18.3. The number of hydrogen-bond acceptors (Lipinski definition) is 4. The summed E-state index contributed by atoms with van der Waals surface area (Å²) in [7, 11) is 0. The summed E-state index contributed by atoms with van der Waals surface area (Å²) in [5.74, 6) is 0.594. The van der Waals surface area contributed by atoms with Crippen molar-refractivity contribution < 1.29 is 9.53 Å². The Hall–Kier alpha value is -3.41. The van der Waals surface area contributed by atoms with E-state index in [-0.39, 0.29) is 18.0 Å². The normalized spacial score (nSPS) is 10.6. The molecule has 0 radical (unpaired) electrons. The van der Waals surface area contributed by atoms with Crippen molar-refractivity contribution in [3.63, 3.8) is 0 Å². The molecule has 0 aliphatic heterocycles. The van der Waals surface area contributed by atoms with Gasteiger partial charge in [0.05, 0.1) is 12.3 Å². The second-order valence-corrected chi connectivity index (χ2v) is 6.60. The number of anilines is 1. The van der Waals surface area contributed by atoms with Gasteiger partial charge in [-0.1, -0.05) is 18.2 Å². The highest BCUT2D eigenvalue weighted by molar-refractivity contribution is 5.93. The molecule has 6 heteroatoms. The molecule has 3 aromatic rings. The molecule has 150 valence electrons. The third-order valence-corrected chi connectivity index (χ3v) is 4.64. The van der Waals surface area contributed by atoms with Crippen molar-refractivity contribution in [2.45, 2.75) is 27.3 Å². The van der Waals surface area contributed by atoms with Gasteiger partial charge in [0.15, 0.2) is 0 Å². The van der Waals surface area contributed by atoms with Gasteiger partial charge in [0.2, 0.25) is 5.91 Å². The van der Waals surface area contributed by atoms with Gasteiger partial charge in [-0.15, -0.1) is 0 Å². The van der Waals surface area contributed by atoms with E-state index >= 15 is 0 Å². The number of hydrogen-bond donors (Lipinski definition) is 0. The molecule has 1 aromatic heterocycles. The lowest BCUT2D eigenvalue weighted by Gasteiger charge is -2.23. The standard InChI is InChI=1S/C23H25N3O3/c1-4-25(21-9-7-6-8-17(21)3)23(28)16-26-22(27)15-14-20(24-26)18-10-12-19(13-11-18)29-5-2/h6-15H,4-5,16H2,1-3H3. The zero-order valence-electron chi connectivity index (χ0n) is 17.0. The third-order valence-electron chi connectivity index (χ3n) is 4.64. The summed E-state index contributed by atoms with van der Waals surface area (Å²) in [5, 5.41) is 4.41. The Morgan fingerprint density at radius 3 is 2.41 bits per heavy atom. The van der Waals surface area contributed by atoms with Gasteiger partial charge in [-0.3, -0.25) is 9.59 Å². The number of aryl methyl sites for hydroxylation is 1. The summed E-state index contributed by atoms with van der Waals surface area (Å²) in [4.78, 5) is 26.9. The van der Waals surface area contributed by atoms with Crippen molar-refractivity contribution in [2.24, 2.45) is 0 Å². The van der Waals surface area contributed by atoms with Gasteiger partial charge >= 0.3 is 0 Å². The van der Waals surface area contributed by atoms with Crippen LogP contribution in [0.5, 0.6) is 5.75 Å². The minimum Gasteiger partial charge on any atom is -0.494 e. The smallest absolute Gasteiger partial charge is 0.267 e. The maximum atomic E-state index is 12.9. The monoisotopic (exact) mass is 391 g/mol. The minimum absolute atomic E-state index is 0.119. The molecule has 0 spiro atoms. The Balaban J connectivity index is 1.85. The van der Waals surface area contributed by atoms with E-state index in [0.717, 1.165) is 22.6 Å². The van der Waals surface area contributed by atoms with E-state index in [4.69, 9.17) is 4.74 Å². The molecule has 1 heterocycles. The van der Waals surface area contributed by atoms with Gasteiger partial charge in [0, 0.05) is 23.9 Å². The van der Waals surface area contributed by atoms with Gasteiger partial charge in [-0.25, -0.2) is 4.68 Å². The number of amides is 1. The van der Waals surface area contributed by atoms with Crippen LogP contribution in [0.25, 0.3) is 11.3 Å². The van der Waals surface area contributed by atoms with Crippen molar-refractivity contribution in [1.29, 1.82) is 0 Å². The number of benzene rings is 2. The fourth-order valence-electron chi connectivity index (χ4n) is 3.17. The Morgan fingerprint density at radius 2 is 1.76 bits per heavy atom. The van der Waals surface area contributed by atoms with E-state index in [2.05, 4.69) is 5.10 Å². The molecule has 0 atom stereocenters. The average molecular weight is 391 g/mol. The van der Waals surface area contributed by atoms with Gasteiger partial charge in [-0.05, 0) is 62.7 Å². The van der Waals surface area contributed by atoms with Gasteiger partial charge in [-0.2, -0.15) is 5.10 Å². The second kappa shape index (κ2) is 9.19. The van der Waals surface area contributed by atoms with Crippen LogP contribution in [0.2, 0.25) is 0 Å². The lowest BCUT2D eigenvalue weighted by Crippen LogP contribution is -2.37. The Morgan fingerprint density at radius 1 is 1.03 bits per heavy atom. The Labute approximate surface area is 170 Å². The van der Waals surface area contributed by atoms with E-state index in [1.54, 1.807) is 11.0 Å². The summed E-state index contributed by atoms with van der Waals surface area (Å²) in [6.45, 7) is 6.79. The fourth-order valence-corrected chi connectivity index (χ4v) is 3.17. The molecule has 0 aliphatic carbocycles. The molecule has 1 amide bonds. The summed E-state index contributed by atoms with van der Waals surface area (Å²) >= 11 is 0. The largest absolute Gasteiger partial charge is 0.494 e. The molecule has 0 bridgehead atoms. The van der Waals surface area contributed by atoms with E-state index in [1.165, 1.54) is 10.7 Å². The minimum atomic E-state index is -0.311. The molecule has 2 aromatic carbocycles. The van der Waals surface area contributed by atoms with Crippen LogP contribution in [-0.2, 0) is 11.3 Å². The molecule has 0 unspecified atom stereocenters. The first kappa shape index (κ1) is 20.3. The quantitative estimate of drug-likeness (QED) is 0.616. The predicted molar refractivity (Wildman–Crippen MR) is 114 cm³/mol. The fraction of sp³-hybridized carbons (Fsp3) is 0.261. The molecular formula is C23H25N3O3. The number of carbonyl (C=O) groups excluding carboxylic acids is 1. The van der Waals surface area contributed by atoms with Gasteiger partial charge < -0.3 is 9.64 Å². The van der Waals surface area contributed by atoms with Crippen molar-refractivity contribution in [1.82, 2.24) is 9.78 Å². The van der Waals surface area contributed by atoms with Crippen LogP contribution in [-0.4, -0.2) is 28.8 Å². The Kier molecular flexibility index (Phi) is 6.44. The highest BCUT2D eigenvalue weighted by Crippen LogP contribution is 2.21. The maximum absolute atomic E-state index is 12.9. The number of ether oxygens (including phenoxy) is 1. The maximum Gasteiger partial charge on any atom is 0.267 e. The van der Waals surface area contributed by atoms with Crippen LogP contribution >= 0.6 is 0 Å². The van der Waals surface area contributed by atoms with Crippen LogP contribution < -0.4 is 15.2 Å². The first-order valence-corrected chi connectivity index (χ1v) is 9.71. The molecule has 29 heavy (non-hydrogen) atoms. The topological polar surface area (TPSA) is 64.4 Å². The highest BCUT2D eigenvalue weighted by Gasteiger charge is 2.17. The van der Waals surface area contributed by atoms with E-state index in [9.17, 15) is 9.59 Å². The SMILES string of the molecule is CCOc1ccc(-c2ccc(=O)n(CC(=O)N(CC)c3ccccc3C)n2)cc1. The molecule has 0 aliphatic rings. The van der Waals surface area contributed by atoms with Crippen molar-refractivity contribution in [2.75, 3.05) is 18.1 Å². The number of para-hydroxylation sites is 1. The molecule has 0 N–H and O–H groups in total. The molecule has 3 rings (SSSR count). The van der Waals surface area contributed by atoms with Gasteiger partial charge in [0.1, 0.15) is 12.3 Å². The van der Waals surface area contributed by atoms with E-state index in [0.29, 0.717) is 18.8 Å². The average Bonchev–Trinajstić information content (AvgIpc) is 2.72. The van der Waals surface area contributed by atoms with Crippen molar-refractivity contribution in [3.8, 4) is 17.0 Å². The van der Waals surface area contributed by atoms with Crippen LogP contribution in [0.15, 0.2) is 65.5 Å². The van der Waals surface area contributed by atoms with Crippen molar-refractivity contribution >= 4 is 11.6 Å². The zero-order valence-corrected chi connectivity index (χ0v) is 17.0. The van der Waals surface area contributed by atoms with Gasteiger partial charge in [0.25, 0.3) is 5.56 Å². The second-order valence-electron chi connectivity index (χ2n) is 6.60. The predicted octanol–water partition coefficient (Wildman–Crippen LogP) is 3.67. The van der Waals surface area contributed by atoms with Crippen LogP contribution in [0, 0.1) is 6.92 Å². The summed E-state index contributed by atoms with van der Waals surface area (Å²) in [5.41, 5.74) is 3.01. The Bertz CT molecular complexity index is 1040. The van der Waals surface area contributed by atoms with E-state index < -0.39 is 0 Å². The number of carbonyl (C=O) groups is 1. The molecule has 6 nitrogen and oxygen atoms in total. The summed E-state index contributed by atoms with van der Waals surface area (Å²) < 4.78 is 6.67. The number of rotatable bonds is 7. The van der Waals surface area contributed by atoms with Crippen LogP contribution in [0.1, 0.15) is 19.4 Å². The first-order valence-electron chi connectivity index (χ1n) is 9.71. The summed E-state index contributed by atoms with van der Waals surface area (Å²) in [6.07, 6.45) is 0. The van der Waals surface area contributed by atoms with Crippen molar-refractivity contribution in [3.05, 3.63) is 76.6 Å². The lowest BCUT2D eigenvalue weighted by molar-refractivity contribution is -0.119. The number of likely N-dealkylation sites (N-methyl/N-ethyl adjacent to an activating group) is 1. The first-order chi connectivity index (χ1) is 14.0. The number of aromatic nitrogens is 2. The lowest BCUT2D eigenvalue weighted by atomic mass is 10.1. The number of nitrogens with zero attached hydrogens (tertiary/aromatic N) is 3.